The third kappa shape index (κ3) is 2.85. The second kappa shape index (κ2) is 5.01. The number of rotatable bonds is 3. The average molecular weight is 250 g/mol. The fourth-order valence-electron chi connectivity index (χ4n) is 1.50. The standard InChI is InChI=1S/C12H12ClN3O/c1-16-6-2-3-10(16)8-15-12(17)9-4-5-14-11(13)7-9/h2-7H,8H2,1H3,(H,15,17). The lowest BCUT2D eigenvalue weighted by Crippen LogP contribution is -2.23. The van der Waals surface area contributed by atoms with Gasteiger partial charge < -0.3 is 9.88 Å². The van der Waals surface area contributed by atoms with Gasteiger partial charge in [-0.15, -0.1) is 0 Å². The van der Waals surface area contributed by atoms with Crippen molar-refractivity contribution in [2.75, 3.05) is 0 Å². The number of hydrogen-bond donors (Lipinski definition) is 1. The molecule has 88 valence electrons. The van der Waals surface area contributed by atoms with Crippen LogP contribution in [0.2, 0.25) is 5.15 Å². The Morgan fingerprint density at radius 3 is 3.00 bits per heavy atom. The van der Waals surface area contributed by atoms with Crippen LogP contribution in [0, 0.1) is 0 Å². The van der Waals surface area contributed by atoms with Gasteiger partial charge >= 0.3 is 0 Å². The molecule has 0 aliphatic carbocycles. The van der Waals surface area contributed by atoms with Crippen LogP contribution in [0.25, 0.3) is 0 Å². The fourth-order valence-corrected chi connectivity index (χ4v) is 1.67. The predicted molar refractivity (Wildman–Crippen MR) is 65.8 cm³/mol. The number of amides is 1. The van der Waals surface area contributed by atoms with E-state index in [1.165, 1.54) is 6.20 Å². The van der Waals surface area contributed by atoms with Crippen LogP contribution >= 0.6 is 11.6 Å². The van der Waals surface area contributed by atoms with Gasteiger partial charge in [0.25, 0.3) is 5.91 Å². The van der Waals surface area contributed by atoms with Crippen LogP contribution in [0.5, 0.6) is 0 Å². The van der Waals surface area contributed by atoms with E-state index >= 15 is 0 Å². The number of pyridine rings is 1. The number of aromatic nitrogens is 2. The normalized spacial score (nSPS) is 10.2. The van der Waals surface area contributed by atoms with Gasteiger partial charge in [0.05, 0.1) is 6.54 Å². The van der Waals surface area contributed by atoms with Crippen LogP contribution in [0.4, 0.5) is 0 Å². The molecule has 0 radical (unpaired) electrons. The molecule has 0 bridgehead atoms. The summed E-state index contributed by atoms with van der Waals surface area (Å²) in [6.45, 7) is 0.488. The minimum atomic E-state index is -0.157. The van der Waals surface area contributed by atoms with E-state index in [1.807, 2.05) is 29.9 Å². The smallest absolute Gasteiger partial charge is 0.251 e. The minimum Gasteiger partial charge on any atom is -0.353 e. The van der Waals surface area contributed by atoms with Crippen molar-refractivity contribution in [3.63, 3.8) is 0 Å². The van der Waals surface area contributed by atoms with Crippen molar-refractivity contribution < 1.29 is 4.79 Å². The first-order valence-corrected chi connectivity index (χ1v) is 5.54. The van der Waals surface area contributed by atoms with Gasteiger partial charge in [-0.1, -0.05) is 11.6 Å². The monoisotopic (exact) mass is 249 g/mol. The molecule has 1 amide bonds. The van der Waals surface area contributed by atoms with Crippen molar-refractivity contribution in [1.82, 2.24) is 14.9 Å². The number of aryl methyl sites for hydroxylation is 1. The molecule has 2 heterocycles. The van der Waals surface area contributed by atoms with E-state index in [0.29, 0.717) is 17.3 Å². The third-order valence-corrected chi connectivity index (χ3v) is 2.68. The van der Waals surface area contributed by atoms with Gasteiger partial charge in [-0.05, 0) is 24.3 Å². The molecule has 4 nitrogen and oxygen atoms in total. The molecule has 1 N–H and O–H groups in total. The van der Waals surface area contributed by atoms with Gasteiger partial charge in [0.1, 0.15) is 5.15 Å². The number of nitrogens with zero attached hydrogens (tertiary/aromatic N) is 2. The molecule has 0 spiro atoms. The largest absolute Gasteiger partial charge is 0.353 e. The summed E-state index contributed by atoms with van der Waals surface area (Å²) in [5.74, 6) is -0.157. The van der Waals surface area contributed by atoms with E-state index < -0.39 is 0 Å². The molecular formula is C12H12ClN3O. The summed E-state index contributed by atoms with van der Waals surface area (Å²) >= 11 is 5.72. The summed E-state index contributed by atoms with van der Waals surface area (Å²) < 4.78 is 1.96. The van der Waals surface area contributed by atoms with E-state index in [4.69, 9.17) is 11.6 Å². The molecule has 0 saturated carbocycles. The highest BCUT2D eigenvalue weighted by molar-refractivity contribution is 6.29. The van der Waals surface area contributed by atoms with Crippen LogP contribution in [-0.4, -0.2) is 15.5 Å². The maximum atomic E-state index is 11.8. The summed E-state index contributed by atoms with van der Waals surface area (Å²) in [5, 5.41) is 3.14. The Hall–Kier alpha value is -1.81. The summed E-state index contributed by atoms with van der Waals surface area (Å²) in [5.41, 5.74) is 1.55. The molecule has 0 aliphatic rings. The predicted octanol–water partition coefficient (Wildman–Crippen LogP) is 2.00. The second-order valence-electron chi connectivity index (χ2n) is 3.66. The van der Waals surface area contributed by atoms with E-state index in [1.54, 1.807) is 12.1 Å². The molecule has 2 aromatic heterocycles. The fraction of sp³-hybridized carbons (Fsp3) is 0.167. The summed E-state index contributed by atoms with van der Waals surface area (Å²) in [6, 6.07) is 7.07. The topological polar surface area (TPSA) is 46.9 Å². The number of carbonyl (C=O) groups is 1. The Balaban J connectivity index is 2.01. The number of hydrogen-bond acceptors (Lipinski definition) is 2. The van der Waals surface area contributed by atoms with E-state index in [9.17, 15) is 4.79 Å². The van der Waals surface area contributed by atoms with E-state index in [-0.39, 0.29) is 5.91 Å². The van der Waals surface area contributed by atoms with Gasteiger partial charge in [0, 0.05) is 30.7 Å². The summed E-state index contributed by atoms with van der Waals surface area (Å²) in [6.07, 6.45) is 3.45. The van der Waals surface area contributed by atoms with Crippen molar-refractivity contribution >= 4 is 17.5 Å². The summed E-state index contributed by atoms with van der Waals surface area (Å²) in [7, 11) is 1.94. The van der Waals surface area contributed by atoms with E-state index in [2.05, 4.69) is 10.3 Å². The van der Waals surface area contributed by atoms with E-state index in [0.717, 1.165) is 5.69 Å². The Kier molecular flexibility index (Phi) is 3.44. The number of halogens is 1. The SMILES string of the molecule is Cn1cccc1CNC(=O)c1ccnc(Cl)c1. The molecule has 0 aliphatic heterocycles. The van der Waals surface area contributed by atoms with Crippen LogP contribution in [-0.2, 0) is 13.6 Å². The van der Waals surface area contributed by atoms with Crippen molar-refractivity contribution in [1.29, 1.82) is 0 Å². The Morgan fingerprint density at radius 2 is 2.35 bits per heavy atom. The third-order valence-electron chi connectivity index (χ3n) is 2.47. The number of nitrogens with one attached hydrogen (secondary N) is 1. The zero-order valence-electron chi connectivity index (χ0n) is 9.35. The molecule has 2 aromatic rings. The molecule has 17 heavy (non-hydrogen) atoms. The Morgan fingerprint density at radius 1 is 1.53 bits per heavy atom. The molecule has 0 saturated heterocycles. The highest BCUT2D eigenvalue weighted by Gasteiger charge is 2.06. The molecule has 5 heteroatoms. The van der Waals surface area contributed by atoms with Crippen molar-refractivity contribution in [3.8, 4) is 0 Å². The highest BCUT2D eigenvalue weighted by Crippen LogP contribution is 2.07. The molecule has 0 aromatic carbocycles. The van der Waals surface area contributed by atoms with Gasteiger partial charge in [0.2, 0.25) is 0 Å². The van der Waals surface area contributed by atoms with Crippen molar-refractivity contribution in [2.24, 2.45) is 7.05 Å². The maximum Gasteiger partial charge on any atom is 0.251 e. The van der Waals surface area contributed by atoms with Crippen LogP contribution in [0.15, 0.2) is 36.7 Å². The molecular weight excluding hydrogens is 238 g/mol. The van der Waals surface area contributed by atoms with Crippen molar-refractivity contribution in [2.45, 2.75) is 6.54 Å². The zero-order chi connectivity index (χ0) is 12.3. The van der Waals surface area contributed by atoms with Crippen LogP contribution in [0.1, 0.15) is 16.1 Å². The summed E-state index contributed by atoms with van der Waals surface area (Å²) in [4.78, 5) is 15.6. The van der Waals surface area contributed by atoms with Gasteiger partial charge in [0.15, 0.2) is 0 Å². The Bertz CT molecular complexity index is 536. The van der Waals surface area contributed by atoms with Crippen molar-refractivity contribution in [3.05, 3.63) is 53.1 Å². The maximum absolute atomic E-state index is 11.8. The molecule has 0 unspecified atom stereocenters. The lowest BCUT2D eigenvalue weighted by Gasteiger charge is -2.06. The quantitative estimate of drug-likeness (QED) is 0.846. The molecule has 0 atom stereocenters. The lowest BCUT2D eigenvalue weighted by molar-refractivity contribution is 0.0950. The van der Waals surface area contributed by atoms with Crippen LogP contribution < -0.4 is 5.32 Å². The lowest BCUT2D eigenvalue weighted by atomic mass is 10.2. The first-order chi connectivity index (χ1) is 8.16. The Labute approximate surface area is 104 Å². The zero-order valence-corrected chi connectivity index (χ0v) is 10.1. The first-order valence-electron chi connectivity index (χ1n) is 5.17. The average Bonchev–Trinajstić information content (AvgIpc) is 2.72. The first kappa shape index (κ1) is 11.7. The van der Waals surface area contributed by atoms with Gasteiger partial charge in [-0.2, -0.15) is 0 Å². The second-order valence-corrected chi connectivity index (χ2v) is 4.05. The molecule has 2 rings (SSSR count). The molecule has 0 fully saturated rings. The number of carbonyl (C=O) groups excluding carboxylic acids is 1. The highest BCUT2D eigenvalue weighted by atomic mass is 35.5. The van der Waals surface area contributed by atoms with Gasteiger partial charge in [-0.3, -0.25) is 4.79 Å². The van der Waals surface area contributed by atoms with Crippen LogP contribution in [0.3, 0.4) is 0 Å². The minimum absolute atomic E-state index is 0.157. The van der Waals surface area contributed by atoms with Gasteiger partial charge in [-0.25, -0.2) is 4.98 Å².